The average Bonchev–Trinajstić information content (AvgIpc) is 2.48. The molecule has 0 aromatic rings. The van der Waals surface area contributed by atoms with Crippen LogP contribution in [0.15, 0.2) is 48.1 Å². The van der Waals surface area contributed by atoms with Crippen LogP contribution >= 0.6 is 0 Å². The van der Waals surface area contributed by atoms with Crippen molar-refractivity contribution < 1.29 is 19.1 Å². The van der Waals surface area contributed by atoms with Crippen LogP contribution in [0.5, 0.6) is 0 Å². The minimum Gasteiger partial charge on any atom is -0.462 e. The van der Waals surface area contributed by atoms with E-state index in [1.165, 1.54) is 13.0 Å². The molecule has 1 unspecified atom stereocenters. The Kier molecular flexibility index (Phi) is 6.64. The summed E-state index contributed by atoms with van der Waals surface area (Å²) in [5.41, 5.74) is 1.53. The maximum absolute atomic E-state index is 12.6. The van der Waals surface area contributed by atoms with Crippen LogP contribution in [0, 0.1) is 11.3 Å². The topological polar surface area (TPSA) is 60.4 Å². The fourth-order valence-electron chi connectivity index (χ4n) is 2.99. The van der Waals surface area contributed by atoms with Crippen LogP contribution < -0.4 is 0 Å². The van der Waals surface area contributed by atoms with Crippen molar-refractivity contribution in [3.63, 3.8) is 0 Å². The maximum atomic E-state index is 12.6. The molecule has 0 spiro atoms. The third-order valence-corrected chi connectivity index (χ3v) is 4.21. The van der Waals surface area contributed by atoms with Crippen LogP contribution in [0.2, 0.25) is 0 Å². The summed E-state index contributed by atoms with van der Waals surface area (Å²) >= 11 is 0. The van der Waals surface area contributed by atoms with E-state index >= 15 is 0 Å². The summed E-state index contributed by atoms with van der Waals surface area (Å²) in [6.07, 6.45) is 5.71. The van der Waals surface area contributed by atoms with Crippen molar-refractivity contribution in [2.75, 3.05) is 6.61 Å². The normalized spacial score (nSPS) is 20.2. The first kappa shape index (κ1) is 19.8. The number of ether oxygens (including phenoxy) is 1. The first-order valence-corrected chi connectivity index (χ1v) is 8.00. The molecular weight excluding hydrogens is 304 g/mol. The predicted molar refractivity (Wildman–Crippen MR) is 94.3 cm³/mol. The van der Waals surface area contributed by atoms with Gasteiger partial charge in [0, 0.05) is 5.57 Å². The van der Waals surface area contributed by atoms with E-state index in [0.29, 0.717) is 24.0 Å². The van der Waals surface area contributed by atoms with Gasteiger partial charge in [-0.2, -0.15) is 0 Å². The van der Waals surface area contributed by atoms with Crippen LogP contribution in [-0.4, -0.2) is 24.1 Å². The van der Waals surface area contributed by atoms with Gasteiger partial charge in [0.1, 0.15) is 6.61 Å². The fraction of sp³-hybridized carbons (Fsp3) is 0.450. The Morgan fingerprint density at radius 1 is 1.38 bits per heavy atom. The van der Waals surface area contributed by atoms with Crippen molar-refractivity contribution in [3.05, 3.63) is 48.1 Å². The highest BCUT2D eigenvalue weighted by molar-refractivity contribution is 6.00. The summed E-state index contributed by atoms with van der Waals surface area (Å²) in [6.45, 7) is 14.5. The predicted octanol–water partition coefficient (Wildman–Crippen LogP) is 3.74. The van der Waals surface area contributed by atoms with Crippen LogP contribution in [0.1, 0.15) is 40.5 Å². The highest BCUT2D eigenvalue weighted by Crippen LogP contribution is 2.42. The third kappa shape index (κ3) is 4.88. The van der Waals surface area contributed by atoms with E-state index in [-0.39, 0.29) is 29.5 Å². The molecule has 130 valence electrons. The molecule has 4 nitrogen and oxygen atoms in total. The van der Waals surface area contributed by atoms with Crippen molar-refractivity contribution in [1.82, 2.24) is 0 Å². The van der Waals surface area contributed by atoms with E-state index in [1.807, 2.05) is 13.8 Å². The number of carbonyl (C=O) groups is 3. The second kappa shape index (κ2) is 8.04. The van der Waals surface area contributed by atoms with Gasteiger partial charge in [-0.05, 0) is 49.3 Å². The highest BCUT2D eigenvalue weighted by Gasteiger charge is 2.38. The molecule has 0 saturated carbocycles. The number of esters is 1. The zero-order chi connectivity index (χ0) is 18.5. The van der Waals surface area contributed by atoms with Gasteiger partial charge in [-0.15, -0.1) is 6.58 Å². The van der Waals surface area contributed by atoms with E-state index in [4.69, 9.17) is 4.74 Å². The van der Waals surface area contributed by atoms with Crippen LogP contribution in [0.25, 0.3) is 0 Å². The van der Waals surface area contributed by atoms with Crippen LogP contribution in [-0.2, 0) is 19.1 Å². The number of hydrogen-bond donors (Lipinski definition) is 0. The highest BCUT2D eigenvalue weighted by atomic mass is 16.5. The molecule has 0 aliphatic heterocycles. The lowest BCUT2D eigenvalue weighted by molar-refractivity contribution is -0.142. The van der Waals surface area contributed by atoms with Gasteiger partial charge in [0.25, 0.3) is 0 Å². The Morgan fingerprint density at radius 2 is 2.00 bits per heavy atom. The second-order valence-corrected chi connectivity index (χ2v) is 6.83. The van der Waals surface area contributed by atoms with E-state index in [2.05, 4.69) is 13.2 Å². The molecule has 0 aromatic heterocycles. The second-order valence-electron chi connectivity index (χ2n) is 6.83. The lowest BCUT2D eigenvalue weighted by Crippen LogP contribution is -2.35. The first-order valence-electron chi connectivity index (χ1n) is 8.00. The minimum absolute atomic E-state index is 0.0400. The van der Waals surface area contributed by atoms with Crippen molar-refractivity contribution >= 4 is 17.5 Å². The molecule has 0 radical (unpaired) electrons. The lowest BCUT2D eigenvalue weighted by Gasteiger charge is -2.36. The lowest BCUT2D eigenvalue weighted by atomic mass is 9.68. The third-order valence-electron chi connectivity index (χ3n) is 4.21. The summed E-state index contributed by atoms with van der Waals surface area (Å²) in [6, 6.07) is 0. The van der Waals surface area contributed by atoms with Gasteiger partial charge in [-0.1, -0.05) is 32.6 Å². The summed E-state index contributed by atoms with van der Waals surface area (Å²) in [7, 11) is 0. The largest absolute Gasteiger partial charge is 0.462 e. The zero-order valence-electron chi connectivity index (χ0n) is 15.0. The van der Waals surface area contributed by atoms with Gasteiger partial charge in [0.15, 0.2) is 11.6 Å². The molecule has 1 rings (SSSR count). The van der Waals surface area contributed by atoms with Gasteiger partial charge >= 0.3 is 5.97 Å². The van der Waals surface area contributed by atoms with Gasteiger partial charge in [-0.3, -0.25) is 9.59 Å². The fourth-order valence-corrected chi connectivity index (χ4v) is 2.99. The number of rotatable bonds is 7. The molecule has 0 bridgehead atoms. The molecule has 0 N–H and O–H groups in total. The Labute approximate surface area is 144 Å². The van der Waals surface area contributed by atoms with Gasteiger partial charge < -0.3 is 4.74 Å². The van der Waals surface area contributed by atoms with Crippen LogP contribution in [0.3, 0.4) is 0 Å². The summed E-state index contributed by atoms with van der Waals surface area (Å²) < 4.78 is 5.24. The number of hydrogen-bond acceptors (Lipinski definition) is 4. The standard InChI is InChI=1S/C20H26O4/c1-7-8-13(2)19(23)24-12-16-11-20(5,6)17(10-9-14(3)21)15(4)18(16)22/h7,9-10,16H,1-2,8,11-12H2,3-6H3/b10-9+. The van der Waals surface area contributed by atoms with E-state index in [9.17, 15) is 14.4 Å². The zero-order valence-corrected chi connectivity index (χ0v) is 15.0. The molecule has 24 heavy (non-hydrogen) atoms. The quantitative estimate of drug-likeness (QED) is 0.405. The first-order chi connectivity index (χ1) is 11.1. The number of ketones is 2. The number of Topliss-reactive ketones (excluding diaryl/α,β-unsaturated/α-hetero) is 1. The molecule has 4 heteroatoms. The molecule has 1 aliphatic carbocycles. The molecule has 0 saturated heterocycles. The van der Waals surface area contributed by atoms with Crippen molar-refractivity contribution in [1.29, 1.82) is 0 Å². The molecule has 0 fully saturated rings. The summed E-state index contributed by atoms with van der Waals surface area (Å²) in [5.74, 6) is -0.977. The Hall–Kier alpha value is -2.23. The smallest absolute Gasteiger partial charge is 0.333 e. The van der Waals surface area contributed by atoms with Gasteiger partial charge in [-0.25, -0.2) is 4.79 Å². The Morgan fingerprint density at radius 3 is 2.54 bits per heavy atom. The molecular formula is C20H26O4. The summed E-state index contributed by atoms with van der Waals surface area (Å²) in [5, 5.41) is 0. The van der Waals surface area contributed by atoms with Crippen molar-refractivity contribution in [2.24, 2.45) is 11.3 Å². The molecule has 1 atom stereocenters. The minimum atomic E-state index is -0.496. The molecule has 1 aliphatic rings. The molecule has 0 aromatic carbocycles. The summed E-state index contributed by atoms with van der Waals surface area (Å²) in [4.78, 5) is 35.6. The Balaban J connectivity index is 2.90. The SMILES string of the molecule is C=CCC(=C)C(=O)OCC1CC(C)(C)C(/C=C/C(C)=O)=C(C)C1=O. The van der Waals surface area contributed by atoms with Crippen LogP contribution in [0.4, 0.5) is 0 Å². The monoisotopic (exact) mass is 330 g/mol. The average molecular weight is 330 g/mol. The van der Waals surface area contributed by atoms with E-state index in [0.717, 1.165) is 5.57 Å². The van der Waals surface area contributed by atoms with E-state index in [1.54, 1.807) is 19.1 Å². The molecule has 0 amide bonds. The Bertz CT molecular complexity index is 632. The van der Waals surface area contributed by atoms with E-state index < -0.39 is 5.97 Å². The number of carbonyl (C=O) groups excluding carboxylic acids is 3. The number of allylic oxidation sites excluding steroid dienone is 5. The van der Waals surface area contributed by atoms with Crippen molar-refractivity contribution in [3.8, 4) is 0 Å². The molecule has 0 heterocycles. The van der Waals surface area contributed by atoms with Gasteiger partial charge in [0.2, 0.25) is 0 Å². The van der Waals surface area contributed by atoms with Gasteiger partial charge in [0.05, 0.1) is 5.92 Å². The van der Waals surface area contributed by atoms with Crippen molar-refractivity contribution in [2.45, 2.75) is 40.5 Å². The maximum Gasteiger partial charge on any atom is 0.333 e.